The van der Waals surface area contributed by atoms with Crippen molar-refractivity contribution in [2.45, 2.75) is 31.3 Å². The number of sulfonamides is 1. The van der Waals surface area contributed by atoms with Crippen LogP contribution in [-0.4, -0.2) is 70.2 Å². The molecule has 3 heterocycles. The van der Waals surface area contributed by atoms with E-state index in [0.29, 0.717) is 52.9 Å². The fourth-order valence-corrected chi connectivity index (χ4v) is 6.36. The third-order valence-corrected chi connectivity index (χ3v) is 9.47. The summed E-state index contributed by atoms with van der Waals surface area (Å²) in [7, 11) is -0.0902. The Bertz CT molecular complexity index is 1520. The Kier molecular flexibility index (Phi) is 8.98. The SMILES string of the molecule is Cc1c(Cl)cccc1S(=O)(=O)Nc1nc2c(nc1OCc1ccc(Cl)c(OCC3CCN(C)CC3)c1)N(C)CCO2. The first-order chi connectivity index (χ1) is 19.6. The summed E-state index contributed by atoms with van der Waals surface area (Å²) in [5.74, 6) is 1.63. The molecule has 0 atom stereocenters. The second-order valence-corrected chi connectivity index (χ2v) is 12.8. The predicted octanol–water partition coefficient (Wildman–Crippen LogP) is 5.02. The molecule has 0 saturated carbocycles. The highest BCUT2D eigenvalue weighted by Crippen LogP contribution is 2.36. The van der Waals surface area contributed by atoms with Crippen LogP contribution in [0.1, 0.15) is 24.0 Å². The number of nitrogens with zero attached hydrogens (tertiary/aromatic N) is 4. The van der Waals surface area contributed by atoms with Gasteiger partial charge in [-0.3, -0.25) is 4.72 Å². The zero-order chi connectivity index (χ0) is 29.1. The van der Waals surface area contributed by atoms with Crippen molar-refractivity contribution in [2.75, 3.05) is 56.6 Å². The van der Waals surface area contributed by atoms with E-state index in [-0.39, 0.29) is 29.1 Å². The lowest BCUT2D eigenvalue weighted by Gasteiger charge is -2.28. The van der Waals surface area contributed by atoms with Gasteiger partial charge in [0, 0.05) is 12.1 Å². The average Bonchev–Trinajstić information content (AvgIpc) is 2.94. The molecule has 2 aliphatic rings. The van der Waals surface area contributed by atoms with Crippen molar-refractivity contribution in [3.8, 4) is 17.5 Å². The van der Waals surface area contributed by atoms with Crippen molar-refractivity contribution in [1.29, 1.82) is 0 Å². The number of ether oxygens (including phenoxy) is 3. The molecular weight excluding hydrogens is 589 g/mol. The van der Waals surface area contributed by atoms with Crippen molar-refractivity contribution in [1.82, 2.24) is 14.9 Å². The van der Waals surface area contributed by atoms with Crippen LogP contribution >= 0.6 is 23.2 Å². The summed E-state index contributed by atoms with van der Waals surface area (Å²) in [6.45, 7) is 5.41. The Morgan fingerprint density at radius 2 is 1.83 bits per heavy atom. The molecule has 3 aromatic rings. The molecule has 1 saturated heterocycles. The third kappa shape index (κ3) is 6.91. The molecule has 1 N–H and O–H groups in total. The van der Waals surface area contributed by atoms with Crippen molar-refractivity contribution in [2.24, 2.45) is 5.92 Å². The number of hydrogen-bond donors (Lipinski definition) is 1. The number of likely N-dealkylation sites (N-methyl/N-ethyl adjacent to an activating group) is 1. The Hall–Kier alpha value is -2.99. The van der Waals surface area contributed by atoms with E-state index in [1.54, 1.807) is 25.1 Å². The second kappa shape index (κ2) is 12.5. The second-order valence-electron chi connectivity index (χ2n) is 10.4. The number of hydrogen-bond acceptors (Lipinski definition) is 9. The van der Waals surface area contributed by atoms with E-state index in [9.17, 15) is 8.42 Å². The molecule has 0 unspecified atom stereocenters. The molecule has 0 amide bonds. The number of nitrogens with one attached hydrogen (secondary N) is 1. The maximum Gasteiger partial charge on any atom is 0.263 e. The molecule has 41 heavy (non-hydrogen) atoms. The van der Waals surface area contributed by atoms with Crippen LogP contribution in [-0.2, 0) is 16.6 Å². The molecule has 10 nitrogen and oxygen atoms in total. The number of benzene rings is 2. The lowest BCUT2D eigenvalue weighted by Crippen LogP contribution is -2.32. The van der Waals surface area contributed by atoms with E-state index in [2.05, 4.69) is 26.6 Å². The van der Waals surface area contributed by atoms with Gasteiger partial charge in [-0.05, 0) is 81.2 Å². The highest BCUT2D eigenvalue weighted by molar-refractivity contribution is 7.92. The zero-order valence-corrected chi connectivity index (χ0v) is 25.5. The highest BCUT2D eigenvalue weighted by Gasteiger charge is 2.27. The summed E-state index contributed by atoms with van der Waals surface area (Å²) in [5.41, 5.74) is 1.19. The highest BCUT2D eigenvalue weighted by atomic mass is 35.5. The van der Waals surface area contributed by atoms with Gasteiger partial charge >= 0.3 is 0 Å². The van der Waals surface area contributed by atoms with Crippen LogP contribution in [0.3, 0.4) is 0 Å². The number of anilines is 2. The van der Waals surface area contributed by atoms with E-state index in [4.69, 9.17) is 37.4 Å². The average molecular weight is 623 g/mol. The molecule has 220 valence electrons. The van der Waals surface area contributed by atoms with Crippen LogP contribution < -0.4 is 23.8 Å². The summed E-state index contributed by atoms with van der Waals surface area (Å²) in [6, 6.07) is 10.1. The van der Waals surface area contributed by atoms with Gasteiger partial charge in [-0.2, -0.15) is 9.97 Å². The lowest BCUT2D eigenvalue weighted by atomic mass is 9.98. The normalized spacial score (nSPS) is 16.2. The quantitative estimate of drug-likeness (QED) is 0.352. The Morgan fingerprint density at radius 3 is 2.61 bits per heavy atom. The van der Waals surface area contributed by atoms with E-state index in [1.165, 1.54) is 6.07 Å². The van der Waals surface area contributed by atoms with Crippen molar-refractivity contribution in [3.63, 3.8) is 0 Å². The molecule has 2 aliphatic heterocycles. The van der Waals surface area contributed by atoms with E-state index in [0.717, 1.165) is 31.5 Å². The van der Waals surface area contributed by atoms with Gasteiger partial charge < -0.3 is 24.0 Å². The van der Waals surface area contributed by atoms with Gasteiger partial charge in [0.05, 0.1) is 23.1 Å². The maximum atomic E-state index is 13.4. The number of aromatic nitrogens is 2. The molecule has 0 bridgehead atoms. The first-order valence-corrected chi connectivity index (χ1v) is 15.6. The number of halogens is 2. The van der Waals surface area contributed by atoms with Gasteiger partial charge in [0.2, 0.25) is 5.82 Å². The van der Waals surface area contributed by atoms with E-state index in [1.807, 2.05) is 24.1 Å². The van der Waals surface area contributed by atoms with E-state index >= 15 is 0 Å². The first-order valence-electron chi connectivity index (χ1n) is 13.4. The van der Waals surface area contributed by atoms with Crippen molar-refractivity contribution < 1.29 is 22.6 Å². The van der Waals surface area contributed by atoms with Crippen LogP contribution in [0.4, 0.5) is 11.6 Å². The van der Waals surface area contributed by atoms with Gasteiger partial charge in [0.25, 0.3) is 21.8 Å². The van der Waals surface area contributed by atoms with Crippen molar-refractivity contribution in [3.05, 3.63) is 57.6 Å². The summed E-state index contributed by atoms with van der Waals surface area (Å²) in [5, 5.41) is 0.849. The zero-order valence-electron chi connectivity index (χ0n) is 23.2. The minimum absolute atomic E-state index is 0.00750. The number of fused-ring (bicyclic) bond motifs is 1. The van der Waals surface area contributed by atoms with Gasteiger partial charge in [-0.25, -0.2) is 8.42 Å². The monoisotopic (exact) mass is 621 g/mol. The first kappa shape index (κ1) is 29.5. The molecular formula is C28H33Cl2N5O5S. The molecule has 0 aliphatic carbocycles. The molecule has 1 aromatic heterocycles. The fraction of sp³-hybridized carbons (Fsp3) is 0.429. The minimum Gasteiger partial charge on any atom is -0.492 e. The maximum absolute atomic E-state index is 13.4. The van der Waals surface area contributed by atoms with Gasteiger partial charge in [-0.1, -0.05) is 35.3 Å². The number of piperidine rings is 1. The van der Waals surface area contributed by atoms with Crippen LogP contribution in [0.25, 0.3) is 0 Å². The van der Waals surface area contributed by atoms with Gasteiger partial charge in [-0.15, -0.1) is 0 Å². The van der Waals surface area contributed by atoms with Gasteiger partial charge in [0.15, 0.2) is 5.82 Å². The largest absolute Gasteiger partial charge is 0.492 e. The molecule has 0 radical (unpaired) electrons. The van der Waals surface area contributed by atoms with Crippen LogP contribution in [0.2, 0.25) is 10.0 Å². The van der Waals surface area contributed by atoms with E-state index < -0.39 is 10.0 Å². The fourth-order valence-electron chi connectivity index (χ4n) is 4.69. The molecule has 2 aromatic carbocycles. The minimum atomic E-state index is -4.07. The summed E-state index contributed by atoms with van der Waals surface area (Å²) in [4.78, 5) is 13.2. The molecule has 5 rings (SSSR count). The predicted molar refractivity (Wildman–Crippen MR) is 159 cm³/mol. The number of rotatable bonds is 9. The van der Waals surface area contributed by atoms with Crippen molar-refractivity contribution >= 4 is 44.9 Å². The lowest BCUT2D eigenvalue weighted by molar-refractivity contribution is 0.160. The molecule has 13 heteroatoms. The van der Waals surface area contributed by atoms with Crippen LogP contribution in [0.5, 0.6) is 17.5 Å². The van der Waals surface area contributed by atoms with Gasteiger partial charge in [0.1, 0.15) is 19.0 Å². The van der Waals surface area contributed by atoms with Crippen LogP contribution in [0.15, 0.2) is 41.3 Å². The topological polar surface area (TPSA) is 106 Å². The Labute approximate surface area is 250 Å². The summed E-state index contributed by atoms with van der Waals surface area (Å²) >= 11 is 12.6. The Balaban J connectivity index is 1.37. The molecule has 0 spiro atoms. The summed E-state index contributed by atoms with van der Waals surface area (Å²) < 4.78 is 47.1. The third-order valence-electron chi connectivity index (χ3n) is 7.26. The summed E-state index contributed by atoms with van der Waals surface area (Å²) in [6.07, 6.45) is 2.17. The Morgan fingerprint density at radius 1 is 1.05 bits per heavy atom. The smallest absolute Gasteiger partial charge is 0.263 e. The number of likely N-dealkylation sites (tertiary alicyclic amines) is 1. The van der Waals surface area contributed by atoms with Crippen LogP contribution in [0, 0.1) is 12.8 Å². The molecule has 1 fully saturated rings. The standard InChI is InChI=1S/C28H33Cl2N5O5S/c1-18-21(29)5-4-6-24(18)41(36,37)33-25-27(32-26-28(31-25)38-14-13-35(26)3)40-17-20-7-8-22(30)23(15-20)39-16-19-9-11-34(2)12-10-19/h4-8,15,19H,9-14,16-17H2,1-3H3,(H,31,33).